The Kier molecular flexibility index (Phi) is 4.07. The lowest BCUT2D eigenvalue weighted by Crippen LogP contribution is -2.14. The quantitative estimate of drug-likeness (QED) is 0.771. The molecular weight excluding hydrogens is 343 g/mol. The molecule has 1 amide bonds. The molecule has 4 rings (SSSR count). The summed E-state index contributed by atoms with van der Waals surface area (Å²) in [5.41, 5.74) is 2.14. The molecule has 0 bridgehead atoms. The number of thiazole rings is 1. The number of anilines is 1. The van der Waals surface area contributed by atoms with Crippen LogP contribution in [0.15, 0.2) is 47.8 Å². The first-order chi connectivity index (χ1) is 12.2. The summed E-state index contributed by atoms with van der Waals surface area (Å²) in [5.74, 6) is 0.824. The summed E-state index contributed by atoms with van der Waals surface area (Å²) in [6.07, 6.45) is 0.159. The fraction of sp³-hybridized carbons (Fsp3) is 0.111. The lowest BCUT2D eigenvalue weighted by molar-refractivity contribution is -0.115. The van der Waals surface area contributed by atoms with Crippen molar-refractivity contribution in [2.24, 2.45) is 0 Å². The molecule has 1 aromatic heterocycles. The van der Waals surface area contributed by atoms with Crippen molar-refractivity contribution >= 4 is 22.9 Å². The average molecular weight is 356 g/mol. The van der Waals surface area contributed by atoms with Crippen molar-refractivity contribution in [1.82, 2.24) is 4.98 Å². The maximum atomic E-state index is 13.0. The first-order valence-corrected chi connectivity index (χ1v) is 8.45. The van der Waals surface area contributed by atoms with E-state index in [-0.39, 0.29) is 24.9 Å². The number of carbonyl (C=O) groups excluding carboxylic acids is 1. The van der Waals surface area contributed by atoms with Gasteiger partial charge in [0.25, 0.3) is 0 Å². The van der Waals surface area contributed by atoms with Gasteiger partial charge in [-0.05, 0) is 36.4 Å². The second-order valence-electron chi connectivity index (χ2n) is 5.44. The van der Waals surface area contributed by atoms with E-state index in [2.05, 4.69) is 10.3 Å². The first kappa shape index (κ1) is 15.6. The van der Waals surface area contributed by atoms with Crippen LogP contribution < -0.4 is 14.8 Å². The minimum absolute atomic E-state index is 0.159. The van der Waals surface area contributed by atoms with Crippen LogP contribution in [0.1, 0.15) is 5.69 Å². The Bertz CT molecular complexity index is 924. The van der Waals surface area contributed by atoms with Gasteiger partial charge in [0.1, 0.15) is 10.8 Å². The number of nitrogens with one attached hydrogen (secondary N) is 1. The van der Waals surface area contributed by atoms with E-state index in [1.54, 1.807) is 30.3 Å². The molecule has 0 fully saturated rings. The van der Waals surface area contributed by atoms with E-state index >= 15 is 0 Å². The molecule has 7 heteroatoms. The minimum atomic E-state index is -0.288. The number of hydrogen-bond donors (Lipinski definition) is 1. The zero-order valence-electron chi connectivity index (χ0n) is 13.0. The van der Waals surface area contributed by atoms with E-state index in [4.69, 9.17) is 9.47 Å². The van der Waals surface area contributed by atoms with E-state index in [0.717, 1.165) is 10.6 Å². The Balaban J connectivity index is 1.42. The van der Waals surface area contributed by atoms with Gasteiger partial charge in [-0.25, -0.2) is 9.37 Å². The molecule has 25 heavy (non-hydrogen) atoms. The smallest absolute Gasteiger partial charge is 0.231 e. The monoisotopic (exact) mass is 356 g/mol. The van der Waals surface area contributed by atoms with Crippen LogP contribution in [0.4, 0.5) is 10.1 Å². The number of aromatic nitrogens is 1. The molecule has 1 N–H and O–H groups in total. The Morgan fingerprint density at radius 1 is 1.16 bits per heavy atom. The highest BCUT2D eigenvalue weighted by Gasteiger charge is 2.15. The van der Waals surface area contributed by atoms with Crippen molar-refractivity contribution in [3.05, 3.63) is 59.4 Å². The number of carbonyl (C=O) groups is 1. The first-order valence-electron chi connectivity index (χ1n) is 7.57. The molecule has 0 saturated carbocycles. The van der Waals surface area contributed by atoms with E-state index in [0.29, 0.717) is 22.9 Å². The Morgan fingerprint density at radius 2 is 1.96 bits per heavy atom. The lowest BCUT2D eigenvalue weighted by Gasteiger charge is -2.05. The number of halogens is 1. The van der Waals surface area contributed by atoms with Gasteiger partial charge in [-0.3, -0.25) is 4.79 Å². The molecule has 5 nitrogen and oxygen atoms in total. The lowest BCUT2D eigenvalue weighted by atomic mass is 10.2. The van der Waals surface area contributed by atoms with Crippen LogP contribution >= 0.6 is 11.3 Å². The van der Waals surface area contributed by atoms with Crippen molar-refractivity contribution in [3.63, 3.8) is 0 Å². The van der Waals surface area contributed by atoms with Crippen molar-refractivity contribution in [3.8, 4) is 22.1 Å². The molecule has 1 aliphatic rings. The van der Waals surface area contributed by atoms with Gasteiger partial charge in [-0.1, -0.05) is 0 Å². The van der Waals surface area contributed by atoms with Gasteiger partial charge in [-0.15, -0.1) is 11.3 Å². The predicted molar refractivity (Wildman–Crippen MR) is 92.4 cm³/mol. The minimum Gasteiger partial charge on any atom is -0.454 e. The molecule has 0 saturated heterocycles. The molecule has 1 aliphatic heterocycles. The summed E-state index contributed by atoms with van der Waals surface area (Å²) in [4.78, 5) is 16.6. The fourth-order valence-electron chi connectivity index (χ4n) is 2.46. The molecule has 0 radical (unpaired) electrons. The van der Waals surface area contributed by atoms with Crippen molar-refractivity contribution in [2.45, 2.75) is 6.42 Å². The highest BCUT2D eigenvalue weighted by atomic mass is 32.1. The van der Waals surface area contributed by atoms with Gasteiger partial charge in [0.2, 0.25) is 12.7 Å². The van der Waals surface area contributed by atoms with Gasteiger partial charge < -0.3 is 14.8 Å². The van der Waals surface area contributed by atoms with Crippen LogP contribution in [0.5, 0.6) is 11.5 Å². The molecule has 2 heterocycles. The zero-order valence-corrected chi connectivity index (χ0v) is 13.8. The van der Waals surface area contributed by atoms with E-state index in [9.17, 15) is 9.18 Å². The third-order valence-electron chi connectivity index (χ3n) is 3.64. The molecule has 0 unspecified atom stereocenters. The number of ether oxygens (including phenoxy) is 2. The second kappa shape index (κ2) is 6.52. The summed E-state index contributed by atoms with van der Waals surface area (Å²) < 4.78 is 23.5. The Hall–Kier alpha value is -2.93. The SMILES string of the molecule is O=C(Cc1csc(-c2ccc(F)cc2)n1)Nc1ccc2c(c1)OCO2. The molecule has 126 valence electrons. The summed E-state index contributed by atoms with van der Waals surface area (Å²) in [6, 6.07) is 11.4. The van der Waals surface area contributed by atoms with Gasteiger partial charge in [-0.2, -0.15) is 0 Å². The van der Waals surface area contributed by atoms with Gasteiger partial charge >= 0.3 is 0 Å². The van der Waals surface area contributed by atoms with E-state index in [1.165, 1.54) is 23.5 Å². The molecule has 0 atom stereocenters. The zero-order chi connectivity index (χ0) is 17.2. The maximum absolute atomic E-state index is 13.0. The largest absolute Gasteiger partial charge is 0.454 e. The third kappa shape index (κ3) is 3.46. The molecular formula is C18H13FN2O3S. The van der Waals surface area contributed by atoms with Gasteiger partial charge in [0.05, 0.1) is 12.1 Å². The molecule has 0 spiro atoms. The van der Waals surface area contributed by atoms with Crippen LogP contribution in [0.25, 0.3) is 10.6 Å². The highest BCUT2D eigenvalue weighted by Crippen LogP contribution is 2.34. The predicted octanol–water partition coefficient (Wildman–Crippen LogP) is 3.86. The number of fused-ring (bicyclic) bond motifs is 1. The van der Waals surface area contributed by atoms with Crippen molar-refractivity contribution < 1.29 is 18.7 Å². The number of rotatable bonds is 4. The number of nitrogens with zero attached hydrogens (tertiary/aromatic N) is 1. The van der Waals surface area contributed by atoms with Crippen molar-refractivity contribution in [2.75, 3.05) is 12.1 Å². The van der Waals surface area contributed by atoms with Crippen LogP contribution in [-0.4, -0.2) is 17.7 Å². The number of hydrogen-bond acceptors (Lipinski definition) is 5. The Labute approximate surface area is 147 Å². The normalized spacial score (nSPS) is 12.2. The van der Waals surface area contributed by atoms with Crippen LogP contribution in [0.2, 0.25) is 0 Å². The van der Waals surface area contributed by atoms with Crippen LogP contribution in [-0.2, 0) is 11.2 Å². The van der Waals surface area contributed by atoms with Crippen LogP contribution in [0.3, 0.4) is 0 Å². The average Bonchev–Trinajstić information content (AvgIpc) is 3.24. The highest BCUT2D eigenvalue weighted by molar-refractivity contribution is 7.13. The van der Waals surface area contributed by atoms with E-state index in [1.807, 2.05) is 5.38 Å². The molecule has 2 aromatic carbocycles. The van der Waals surface area contributed by atoms with Crippen molar-refractivity contribution in [1.29, 1.82) is 0 Å². The topological polar surface area (TPSA) is 60.5 Å². The summed E-state index contributed by atoms with van der Waals surface area (Å²) in [5, 5.41) is 5.40. The molecule has 0 aliphatic carbocycles. The third-order valence-corrected chi connectivity index (χ3v) is 4.58. The number of amides is 1. The van der Waals surface area contributed by atoms with Gasteiger partial charge in [0, 0.05) is 22.7 Å². The summed E-state index contributed by atoms with van der Waals surface area (Å²) >= 11 is 1.42. The second-order valence-corrected chi connectivity index (χ2v) is 6.30. The molecule has 3 aromatic rings. The summed E-state index contributed by atoms with van der Waals surface area (Å²) in [7, 11) is 0. The Morgan fingerprint density at radius 3 is 2.80 bits per heavy atom. The van der Waals surface area contributed by atoms with Crippen LogP contribution in [0, 0.1) is 5.82 Å². The maximum Gasteiger partial charge on any atom is 0.231 e. The van der Waals surface area contributed by atoms with E-state index < -0.39 is 0 Å². The fourth-order valence-corrected chi connectivity index (χ4v) is 3.28. The summed E-state index contributed by atoms with van der Waals surface area (Å²) in [6.45, 7) is 0.192. The standard InChI is InChI=1S/C18H13FN2O3S/c19-12-3-1-11(2-4-12)18-21-14(9-25-18)8-17(22)20-13-5-6-15-16(7-13)24-10-23-15/h1-7,9H,8,10H2,(H,20,22). The van der Waals surface area contributed by atoms with Gasteiger partial charge in [0.15, 0.2) is 11.5 Å². The number of benzene rings is 2.